The summed E-state index contributed by atoms with van der Waals surface area (Å²) in [5.41, 5.74) is 1.14. The highest BCUT2D eigenvalue weighted by molar-refractivity contribution is 6.31. The molecule has 0 saturated heterocycles. The van der Waals surface area contributed by atoms with Crippen LogP contribution in [0.1, 0.15) is 22.2 Å². The van der Waals surface area contributed by atoms with Crippen molar-refractivity contribution >= 4 is 45.9 Å². The van der Waals surface area contributed by atoms with Gasteiger partial charge in [0.25, 0.3) is 5.91 Å². The largest absolute Gasteiger partial charge is 0.503 e. The summed E-state index contributed by atoms with van der Waals surface area (Å²) < 4.78 is 5.70. The maximum absolute atomic E-state index is 13.4. The minimum Gasteiger partial charge on any atom is -0.503 e. The van der Waals surface area contributed by atoms with Crippen LogP contribution >= 0.6 is 23.2 Å². The number of ketones is 1. The minimum absolute atomic E-state index is 0.0174. The number of benzene rings is 2. The molecule has 1 aliphatic rings. The number of halogens is 2. The van der Waals surface area contributed by atoms with E-state index in [-0.39, 0.29) is 11.3 Å². The quantitative estimate of drug-likeness (QED) is 0.532. The number of hydrogen-bond acceptors (Lipinski definition) is 5. The SMILES string of the molecule is CN(C)CCN1C(=O)C(O)=C(C(=O)c2cc3cc(Cl)ccc3o2)C1c1ccc(Cl)cc1. The maximum atomic E-state index is 13.4. The molecule has 6 nitrogen and oxygen atoms in total. The first-order valence-electron chi connectivity index (χ1n) is 9.64. The number of aliphatic hydroxyl groups is 1. The van der Waals surface area contributed by atoms with E-state index >= 15 is 0 Å². The highest BCUT2D eigenvalue weighted by Gasteiger charge is 2.44. The molecule has 4 rings (SSSR count). The van der Waals surface area contributed by atoms with Gasteiger partial charge in [0, 0.05) is 28.5 Å². The molecule has 0 aliphatic carbocycles. The Morgan fingerprint density at radius 3 is 2.45 bits per heavy atom. The summed E-state index contributed by atoms with van der Waals surface area (Å²) in [6.45, 7) is 0.892. The van der Waals surface area contributed by atoms with Crippen LogP contribution < -0.4 is 0 Å². The van der Waals surface area contributed by atoms with Crippen molar-refractivity contribution in [1.29, 1.82) is 0 Å². The predicted octanol–water partition coefficient (Wildman–Crippen LogP) is 4.88. The van der Waals surface area contributed by atoms with Crippen LogP contribution in [-0.4, -0.2) is 53.8 Å². The molecule has 1 atom stereocenters. The van der Waals surface area contributed by atoms with Crippen molar-refractivity contribution in [3.63, 3.8) is 0 Å². The molecule has 1 aromatic heterocycles. The Balaban J connectivity index is 1.78. The van der Waals surface area contributed by atoms with Crippen molar-refractivity contribution in [3.05, 3.63) is 81.2 Å². The third kappa shape index (κ3) is 4.06. The van der Waals surface area contributed by atoms with E-state index in [1.165, 1.54) is 4.90 Å². The molecule has 0 saturated carbocycles. The van der Waals surface area contributed by atoms with Crippen molar-refractivity contribution in [2.45, 2.75) is 6.04 Å². The average Bonchev–Trinajstić information content (AvgIpc) is 3.25. The number of fused-ring (bicyclic) bond motifs is 1. The van der Waals surface area contributed by atoms with Crippen LogP contribution in [0.5, 0.6) is 0 Å². The molecule has 2 heterocycles. The lowest BCUT2D eigenvalue weighted by molar-refractivity contribution is -0.129. The second-order valence-electron chi connectivity index (χ2n) is 7.64. The first-order valence-corrected chi connectivity index (χ1v) is 10.4. The Morgan fingerprint density at radius 2 is 1.77 bits per heavy atom. The first kappa shape index (κ1) is 21.4. The Bertz CT molecular complexity index is 1200. The summed E-state index contributed by atoms with van der Waals surface area (Å²) in [4.78, 5) is 29.8. The van der Waals surface area contributed by atoms with Crippen molar-refractivity contribution in [2.24, 2.45) is 0 Å². The minimum atomic E-state index is -0.756. The number of aliphatic hydroxyl groups excluding tert-OH is 1. The molecule has 1 N–H and O–H groups in total. The third-order valence-corrected chi connectivity index (χ3v) is 5.71. The van der Waals surface area contributed by atoms with Gasteiger partial charge in [-0.1, -0.05) is 35.3 Å². The summed E-state index contributed by atoms with van der Waals surface area (Å²) in [7, 11) is 3.77. The highest BCUT2D eigenvalue weighted by Crippen LogP contribution is 2.39. The molecule has 3 aromatic rings. The van der Waals surface area contributed by atoms with Crippen LogP contribution in [0, 0.1) is 0 Å². The number of likely N-dealkylation sites (N-methyl/N-ethyl adjacent to an activating group) is 1. The molecular weight excluding hydrogens is 439 g/mol. The number of carbonyl (C=O) groups excluding carboxylic acids is 2. The molecule has 31 heavy (non-hydrogen) atoms. The van der Waals surface area contributed by atoms with E-state index < -0.39 is 23.5 Å². The smallest absolute Gasteiger partial charge is 0.290 e. The maximum Gasteiger partial charge on any atom is 0.290 e. The second-order valence-corrected chi connectivity index (χ2v) is 8.51. The van der Waals surface area contributed by atoms with Gasteiger partial charge >= 0.3 is 0 Å². The third-order valence-electron chi connectivity index (χ3n) is 5.22. The van der Waals surface area contributed by atoms with Gasteiger partial charge in [-0.25, -0.2) is 0 Å². The summed E-state index contributed by atoms with van der Waals surface area (Å²) in [6, 6.07) is 12.7. The van der Waals surface area contributed by atoms with Crippen LogP contribution in [0.4, 0.5) is 0 Å². The van der Waals surface area contributed by atoms with Crippen molar-refractivity contribution in [3.8, 4) is 0 Å². The molecule has 8 heteroatoms. The van der Waals surface area contributed by atoms with Gasteiger partial charge in [0.1, 0.15) is 5.58 Å². The van der Waals surface area contributed by atoms with Crippen LogP contribution in [0.15, 0.2) is 64.3 Å². The average molecular weight is 459 g/mol. The number of rotatable bonds is 6. The van der Waals surface area contributed by atoms with Gasteiger partial charge in [-0.05, 0) is 56.1 Å². The van der Waals surface area contributed by atoms with E-state index in [0.717, 1.165) is 0 Å². The first-order chi connectivity index (χ1) is 14.8. The summed E-state index contributed by atoms with van der Waals surface area (Å²) in [5.74, 6) is -1.68. The number of amides is 1. The van der Waals surface area contributed by atoms with E-state index in [1.807, 2.05) is 19.0 Å². The molecule has 0 fully saturated rings. The van der Waals surface area contributed by atoms with Gasteiger partial charge in [-0.15, -0.1) is 0 Å². The standard InChI is InChI=1S/C23H20Cl2N2O4/c1-26(2)9-10-27-20(13-3-5-15(24)6-4-13)19(22(29)23(27)30)21(28)18-12-14-11-16(25)7-8-17(14)31-18/h3-8,11-12,20,29H,9-10H2,1-2H3. The lowest BCUT2D eigenvalue weighted by atomic mass is 9.95. The van der Waals surface area contributed by atoms with E-state index in [1.54, 1.807) is 48.5 Å². The number of carbonyl (C=O) groups is 2. The molecule has 160 valence electrons. The molecule has 1 aliphatic heterocycles. The summed E-state index contributed by atoms with van der Waals surface area (Å²) >= 11 is 12.1. The van der Waals surface area contributed by atoms with E-state index in [2.05, 4.69) is 0 Å². The fraction of sp³-hybridized carbons (Fsp3) is 0.217. The molecule has 0 bridgehead atoms. The van der Waals surface area contributed by atoms with E-state index in [9.17, 15) is 14.7 Å². The second kappa shape index (κ2) is 8.38. The van der Waals surface area contributed by atoms with Gasteiger partial charge in [-0.3, -0.25) is 9.59 Å². The fourth-order valence-corrected chi connectivity index (χ4v) is 3.98. The van der Waals surface area contributed by atoms with E-state index in [4.69, 9.17) is 27.6 Å². The summed E-state index contributed by atoms with van der Waals surface area (Å²) in [5, 5.41) is 12.4. The van der Waals surface area contributed by atoms with Gasteiger partial charge in [0.05, 0.1) is 11.6 Å². The zero-order valence-corrected chi connectivity index (χ0v) is 18.4. The summed E-state index contributed by atoms with van der Waals surface area (Å²) in [6.07, 6.45) is 0. The van der Waals surface area contributed by atoms with Crippen LogP contribution in [0.3, 0.4) is 0 Å². The van der Waals surface area contributed by atoms with Crippen LogP contribution in [0.25, 0.3) is 11.0 Å². The van der Waals surface area contributed by atoms with Gasteiger partial charge in [-0.2, -0.15) is 0 Å². The van der Waals surface area contributed by atoms with Crippen molar-refractivity contribution in [2.75, 3.05) is 27.2 Å². The number of furan rings is 1. The van der Waals surface area contributed by atoms with Gasteiger partial charge in [0.2, 0.25) is 5.78 Å². The highest BCUT2D eigenvalue weighted by atomic mass is 35.5. The molecule has 1 unspecified atom stereocenters. The predicted molar refractivity (Wildman–Crippen MR) is 120 cm³/mol. The topological polar surface area (TPSA) is 74.0 Å². The zero-order valence-electron chi connectivity index (χ0n) is 16.9. The van der Waals surface area contributed by atoms with Crippen molar-refractivity contribution in [1.82, 2.24) is 9.80 Å². The fourth-order valence-electron chi connectivity index (χ4n) is 3.67. The lowest BCUT2D eigenvalue weighted by Gasteiger charge is -2.27. The molecule has 2 aromatic carbocycles. The van der Waals surface area contributed by atoms with Gasteiger partial charge < -0.3 is 19.3 Å². The number of nitrogens with zero attached hydrogens (tertiary/aromatic N) is 2. The normalized spacial score (nSPS) is 16.7. The van der Waals surface area contributed by atoms with E-state index in [0.29, 0.717) is 39.7 Å². The van der Waals surface area contributed by atoms with Crippen LogP contribution in [-0.2, 0) is 4.79 Å². The Labute approximate surface area is 189 Å². The Hall–Kier alpha value is -2.80. The van der Waals surface area contributed by atoms with Crippen LogP contribution in [0.2, 0.25) is 10.0 Å². The molecular formula is C23H20Cl2N2O4. The monoisotopic (exact) mass is 458 g/mol. The lowest BCUT2D eigenvalue weighted by Crippen LogP contribution is -2.36. The zero-order chi connectivity index (χ0) is 22.3. The Morgan fingerprint density at radius 1 is 1.10 bits per heavy atom. The number of Topliss-reactive ketones (excluding diaryl/α,β-unsaturated/α-hetero) is 1. The molecule has 0 radical (unpaired) electrons. The molecule has 1 amide bonds. The number of hydrogen-bond donors (Lipinski definition) is 1. The Kier molecular flexibility index (Phi) is 5.79. The molecule has 0 spiro atoms. The van der Waals surface area contributed by atoms with Crippen molar-refractivity contribution < 1.29 is 19.1 Å². The van der Waals surface area contributed by atoms with Gasteiger partial charge in [0.15, 0.2) is 11.5 Å².